The molecule has 4 rings (SSSR count). The normalized spacial score (nSPS) is 18.8. The summed E-state index contributed by atoms with van der Waals surface area (Å²) in [6.45, 7) is 3.67. The lowest BCUT2D eigenvalue weighted by Gasteiger charge is -2.38. The lowest BCUT2D eigenvalue weighted by atomic mass is 9.99. The van der Waals surface area contributed by atoms with Crippen molar-refractivity contribution in [1.29, 1.82) is 0 Å². The first-order valence-corrected chi connectivity index (χ1v) is 14.4. The molecule has 38 heavy (non-hydrogen) atoms. The number of sulfonamides is 1. The molecule has 0 fully saturated rings. The van der Waals surface area contributed by atoms with Crippen LogP contribution < -0.4 is 10.1 Å². The van der Waals surface area contributed by atoms with Crippen molar-refractivity contribution in [2.75, 3.05) is 32.1 Å². The molecule has 1 aliphatic heterocycles. The molecule has 3 aromatic rings. The van der Waals surface area contributed by atoms with Crippen LogP contribution in [0.5, 0.6) is 5.75 Å². The predicted molar refractivity (Wildman–Crippen MR) is 144 cm³/mol. The summed E-state index contributed by atoms with van der Waals surface area (Å²) in [6, 6.07) is 10.7. The Bertz CT molecular complexity index is 1380. The van der Waals surface area contributed by atoms with E-state index >= 15 is 0 Å². The van der Waals surface area contributed by atoms with Gasteiger partial charge in [-0.25, -0.2) is 8.42 Å². The molecule has 3 atom stereocenters. The van der Waals surface area contributed by atoms with Crippen molar-refractivity contribution in [3.05, 3.63) is 71.4 Å². The lowest BCUT2D eigenvalue weighted by Crippen LogP contribution is -2.50. The van der Waals surface area contributed by atoms with Gasteiger partial charge in [-0.2, -0.15) is 4.31 Å². The second-order valence-electron chi connectivity index (χ2n) is 9.24. The number of aromatic nitrogens is 1. The van der Waals surface area contributed by atoms with E-state index in [2.05, 4.69) is 10.3 Å². The van der Waals surface area contributed by atoms with Crippen molar-refractivity contribution >= 4 is 38.9 Å². The van der Waals surface area contributed by atoms with E-state index in [1.807, 2.05) is 6.92 Å². The van der Waals surface area contributed by atoms with Crippen LogP contribution >= 0.6 is 11.3 Å². The minimum Gasteiger partial charge on any atom is -0.488 e. The fraction of sp³-hybridized carbons (Fsp3) is 0.346. The van der Waals surface area contributed by atoms with Crippen LogP contribution in [0.1, 0.15) is 34.6 Å². The maximum Gasteiger partial charge on any atom is 0.258 e. The molecule has 0 unspecified atom stereocenters. The molecule has 3 heterocycles. The Labute approximate surface area is 225 Å². The summed E-state index contributed by atoms with van der Waals surface area (Å²) in [5.41, 5.74) is 1.01. The predicted octanol–water partition coefficient (Wildman–Crippen LogP) is 2.94. The summed E-state index contributed by atoms with van der Waals surface area (Å²) in [7, 11) is -2.21. The maximum atomic E-state index is 13.6. The number of anilines is 1. The summed E-state index contributed by atoms with van der Waals surface area (Å²) in [6.07, 6.45) is 2.43. The first-order valence-electron chi connectivity index (χ1n) is 12.1. The van der Waals surface area contributed by atoms with Crippen molar-refractivity contribution in [2.24, 2.45) is 5.92 Å². The number of benzene rings is 1. The van der Waals surface area contributed by atoms with E-state index < -0.39 is 22.2 Å². The van der Waals surface area contributed by atoms with E-state index in [-0.39, 0.29) is 53.0 Å². The largest absolute Gasteiger partial charge is 0.488 e. The molecule has 0 aliphatic carbocycles. The van der Waals surface area contributed by atoms with Crippen LogP contribution in [0.3, 0.4) is 0 Å². The number of nitrogens with one attached hydrogen (secondary N) is 1. The smallest absolute Gasteiger partial charge is 0.258 e. The molecule has 10 nitrogen and oxygen atoms in total. The van der Waals surface area contributed by atoms with Crippen LogP contribution in [-0.2, 0) is 10.0 Å². The highest BCUT2D eigenvalue weighted by Gasteiger charge is 2.35. The van der Waals surface area contributed by atoms with E-state index in [1.54, 1.807) is 53.6 Å². The molecule has 2 aromatic heterocycles. The van der Waals surface area contributed by atoms with Gasteiger partial charge in [0.05, 0.1) is 24.8 Å². The van der Waals surface area contributed by atoms with Crippen molar-refractivity contribution in [3.8, 4) is 5.75 Å². The van der Waals surface area contributed by atoms with E-state index in [4.69, 9.17) is 4.74 Å². The van der Waals surface area contributed by atoms with Gasteiger partial charge in [0.2, 0.25) is 0 Å². The zero-order valence-electron chi connectivity index (χ0n) is 21.3. The Kier molecular flexibility index (Phi) is 8.46. The minimum absolute atomic E-state index is 0.0525. The number of aliphatic hydroxyl groups excluding tert-OH is 1. The number of carbonyl (C=O) groups is 2. The SMILES string of the molecule is C[C@H]1CN([C@@H](C)CO)C(=O)c2cc(NC(=O)c3ccncc3)ccc2O[C@H]1CN(C)S(=O)(=O)c1cccs1. The van der Waals surface area contributed by atoms with E-state index in [0.717, 1.165) is 11.3 Å². The van der Waals surface area contributed by atoms with Crippen molar-refractivity contribution in [1.82, 2.24) is 14.2 Å². The van der Waals surface area contributed by atoms with Crippen LogP contribution in [0.4, 0.5) is 5.69 Å². The van der Waals surface area contributed by atoms with Gasteiger partial charge in [0.1, 0.15) is 16.1 Å². The Morgan fingerprint density at radius 3 is 2.68 bits per heavy atom. The van der Waals surface area contributed by atoms with Gasteiger partial charge in [0.15, 0.2) is 0 Å². The Balaban J connectivity index is 1.65. The Morgan fingerprint density at radius 2 is 2.03 bits per heavy atom. The fourth-order valence-corrected chi connectivity index (χ4v) is 6.52. The van der Waals surface area contributed by atoms with Crippen LogP contribution in [-0.4, -0.2) is 78.4 Å². The maximum absolute atomic E-state index is 13.6. The molecule has 12 heteroatoms. The number of hydrogen-bond acceptors (Lipinski definition) is 8. The first kappa shape index (κ1) is 27.7. The molecule has 0 radical (unpaired) electrons. The second-order valence-corrected chi connectivity index (χ2v) is 12.5. The van der Waals surface area contributed by atoms with Crippen molar-refractivity contribution in [3.63, 3.8) is 0 Å². The number of likely N-dealkylation sites (N-methyl/N-ethyl adjacent to an activating group) is 1. The second kappa shape index (κ2) is 11.6. The van der Waals surface area contributed by atoms with Gasteiger partial charge in [0, 0.05) is 43.2 Å². The quantitative estimate of drug-likeness (QED) is 0.435. The van der Waals surface area contributed by atoms with E-state index in [9.17, 15) is 23.1 Å². The van der Waals surface area contributed by atoms with Crippen molar-refractivity contribution in [2.45, 2.75) is 30.2 Å². The number of carbonyl (C=O) groups excluding carboxylic acids is 2. The van der Waals surface area contributed by atoms with Crippen LogP contribution in [0, 0.1) is 5.92 Å². The molecule has 2 amide bonds. The highest BCUT2D eigenvalue weighted by atomic mass is 32.2. The third-order valence-electron chi connectivity index (χ3n) is 6.46. The molecule has 1 aliphatic rings. The standard InChI is InChI=1S/C26H30N4O6S2/c1-17-14-30(18(2)16-31)26(33)21-13-20(28-25(32)19-8-10-27-11-9-19)6-7-22(21)36-23(17)15-29(3)38(34,35)24-5-4-12-37-24/h4-13,17-18,23,31H,14-16H2,1-3H3,(H,28,32)/t17-,18-,23-/m0/s1. The molecular formula is C26H30N4O6S2. The first-order chi connectivity index (χ1) is 18.1. The summed E-state index contributed by atoms with van der Waals surface area (Å²) >= 11 is 1.14. The molecule has 0 saturated carbocycles. The number of nitrogens with zero attached hydrogens (tertiary/aromatic N) is 3. The highest BCUT2D eigenvalue weighted by molar-refractivity contribution is 7.91. The summed E-state index contributed by atoms with van der Waals surface area (Å²) < 4.78 is 33.9. The van der Waals surface area contributed by atoms with E-state index in [0.29, 0.717) is 11.3 Å². The van der Waals surface area contributed by atoms with Gasteiger partial charge in [-0.05, 0) is 48.7 Å². The number of amides is 2. The van der Waals surface area contributed by atoms with Crippen molar-refractivity contribution < 1.29 is 27.9 Å². The topological polar surface area (TPSA) is 129 Å². The van der Waals surface area contributed by atoms with Crippen LogP contribution in [0.2, 0.25) is 0 Å². The lowest BCUT2D eigenvalue weighted by molar-refractivity contribution is 0.0387. The zero-order valence-corrected chi connectivity index (χ0v) is 22.9. The van der Waals surface area contributed by atoms with Gasteiger partial charge < -0.3 is 20.1 Å². The van der Waals surface area contributed by atoms with Gasteiger partial charge in [-0.1, -0.05) is 13.0 Å². The van der Waals surface area contributed by atoms with Gasteiger partial charge >= 0.3 is 0 Å². The number of pyridine rings is 1. The number of ether oxygens (including phenoxy) is 1. The highest BCUT2D eigenvalue weighted by Crippen LogP contribution is 2.31. The summed E-state index contributed by atoms with van der Waals surface area (Å²) in [5, 5.41) is 14.3. The summed E-state index contributed by atoms with van der Waals surface area (Å²) in [5.74, 6) is -0.704. The molecule has 1 aromatic carbocycles. The van der Waals surface area contributed by atoms with Gasteiger partial charge in [-0.3, -0.25) is 14.6 Å². The molecule has 0 spiro atoms. The Morgan fingerprint density at radius 1 is 1.29 bits per heavy atom. The fourth-order valence-electron chi connectivity index (χ4n) is 4.14. The molecule has 0 bridgehead atoms. The number of fused-ring (bicyclic) bond motifs is 1. The average Bonchev–Trinajstić information content (AvgIpc) is 3.47. The van der Waals surface area contributed by atoms with Gasteiger partial charge in [0.25, 0.3) is 21.8 Å². The number of hydrogen-bond donors (Lipinski definition) is 2. The van der Waals surface area contributed by atoms with Crippen LogP contribution in [0.15, 0.2) is 64.4 Å². The monoisotopic (exact) mass is 558 g/mol. The minimum atomic E-state index is -3.71. The molecule has 202 valence electrons. The number of aliphatic hydroxyl groups is 1. The molecular weight excluding hydrogens is 528 g/mol. The third kappa shape index (κ3) is 5.88. The number of rotatable bonds is 8. The molecule has 0 saturated heterocycles. The van der Waals surface area contributed by atoms with Crippen LogP contribution in [0.25, 0.3) is 0 Å². The average molecular weight is 559 g/mol. The van der Waals surface area contributed by atoms with Gasteiger partial charge in [-0.15, -0.1) is 11.3 Å². The van der Waals surface area contributed by atoms with E-state index in [1.165, 1.54) is 29.8 Å². The molecule has 2 N–H and O–H groups in total. The summed E-state index contributed by atoms with van der Waals surface area (Å²) in [4.78, 5) is 31.7. The Hall–Kier alpha value is -3.32. The zero-order chi connectivity index (χ0) is 27.4. The third-order valence-corrected chi connectivity index (χ3v) is 9.66. The number of thiophene rings is 1.